The number of aliphatic hydroxyl groups is 1. The fraction of sp³-hybridized carbons (Fsp3) is 0.617. The van der Waals surface area contributed by atoms with Crippen LogP contribution in [0, 0.1) is 17.8 Å². The van der Waals surface area contributed by atoms with Gasteiger partial charge < -0.3 is 54.5 Å². The molecule has 3 unspecified atom stereocenters. The highest BCUT2D eigenvalue weighted by molar-refractivity contribution is 8.02. The first-order valence-corrected chi connectivity index (χ1v) is 39.3. The van der Waals surface area contributed by atoms with Crippen LogP contribution >= 0.6 is 11.8 Å². The van der Waals surface area contributed by atoms with E-state index in [-0.39, 0.29) is 94.4 Å². The molecule has 0 bridgehead atoms. The number of unbranched alkanes of at least 4 members (excludes halogenated alkanes) is 4. The number of likely N-dealkylation sites (tertiary alicyclic amines) is 1. The summed E-state index contributed by atoms with van der Waals surface area (Å²) >= 11 is 1.76. The van der Waals surface area contributed by atoms with Gasteiger partial charge in [-0.2, -0.15) is 0 Å². The van der Waals surface area contributed by atoms with E-state index in [0.717, 1.165) is 47.6 Å². The van der Waals surface area contributed by atoms with Crippen molar-refractivity contribution in [3.63, 3.8) is 0 Å². The molecule has 9 rings (SSSR count). The number of amides is 8. The highest BCUT2D eigenvalue weighted by Crippen LogP contribution is 2.47. The smallest absolute Gasteiger partial charge is 0.416 e. The molecule has 3 aromatic rings. The molecule has 1 saturated carbocycles. The quantitative estimate of drug-likeness (QED) is 0.0357. The fourth-order valence-electron chi connectivity index (χ4n) is 15.2. The minimum Gasteiger partial charge on any atom is -0.493 e. The number of carbonyl (C=O) groups is 8. The number of aliphatic imine (C=N–C) groups is 1. The molecule has 23 heteroatoms. The fourth-order valence-corrected chi connectivity index (χ4v) is 17.0. The summed E-state index contributed by atoms with van der Waals surface area (Å²) in [6, 6.07) is 10.1. The second-order valence-electron chi connectivity index (χ2n) is 29.9. The molecule has 1 aliphatic carbocycles. The number of carbonyl (C=O) groups excluding carboxylic acids is 8. The van der Waals surface area contributed by atoms with Crippen LogP contribution in [0.25, 0.3) is 0 Å². The Kier molecular flexibility index (Phi) is 29.6. The number of thioether (sulfide) groups is 1. The Morgan fingerprint density at radius 3 is 1.94 bits per heavy atom. The number of benzene rings is 3. The molecular formula is C81H114N8O14S. The second kappa shape index (κ2) is 38.4. The Labute approximate surface area is 619 Å². The minimum atomic E-state index is -1.52. The van der Waals surface area contributed by atoms with Gasteiger partial charge >= 0.3 is 6.09 Å². The lowest BCUT2D eigenvalue weighted by Crippen LogP contribution is -2.53. The van der Waals surface area contributed by atoms with Crippen LogP contribution in [-0.4, -0.2) is 148 Å². The van der Waals surface area contributed by atoms with E-state index in [1.54, 1.807) is 72.4 Å². The van der Waals surface area contributed by atoms with Crippen molar-refractivity contribution >= 4 is 82.5 Å². The third-order valence-electron chi connectivity index (χ3n) is 21.5. The van der Waals surface area contributed by atoms with Crippen LogP contribution in [0.3, 0.4) is 0 Å². The molecule has 0 radical (unpaired) electrons. The molecule has 6 aliphatic rings. The average molecular weight is 1460 g/mol. The Morgan fingerprint density at radius 2 is 1.28 bits per heavy atom. The number of rotatable bonds is 30. The van der Waals surface area contributed by atoms with E-state index in [1.807, 2.05) is 33.9 Å². The van der Waals surface area contributed by atoms with Gasteiger partial charge in [0.2, 0.25) is 29.5 Å². The molecule has 3 aromatic carbocycles. The van der Waals surface area contributed by atoms with Crippen LogP contribution in [-0.2, 0) is 35.3 Å². The largest absolute Gasteiger partial charge is 0.493 e. The zero-order valence-electron chi connectivity index (χ0n) is 63.2. The number of anilines is 2. The first-order chi connectivity index (χ1) is 50.0. The van der Waals surface area contributed by atoms with E-state index in [1.165, 1.54) is 120 Å². The van der Waals surface area contributed by atoms with Crippen LogP contribution in [0.1, 0.15) is 249 Å². The maximum atomic E-state index is 14.3. The van der Waals surface area contributed by atoms with Crippen LogP contribution in [0.4, 0.5) is 21.9 Å². The summed E-state index contributed by atoms with van der Waals surface area (Å²) < 4.78 is 29.6. The van der Waals surface area contributed by atoms with Crippen molar-refractivity contribution in [3.8, 4) is 23.0 Å². The molecule has 5 heterocycles. The number of hydrogen-bond donors (Lipinski definition) is 4. The molecule has 568 valence electrons. The second-order valence-corrected chi connectivity index (χ2v) is 31.6. The van der Waals surface area contributed by atoms with Crippen molar-refractivity contribution in [3.05, 3.63) is 88.8 Å². The number of imide groups is 1. The van der Waals surface area contributed by atoms with Crippen molar-refractivity contribution in [2.45, 2.75) is 269 Å². The van der Waals surface area contributed by atoms with Gasteiger partial charge in [0.1, 0.15) is 18.7 Å². The lowest BCUT2D eigenvalue weighted by molar-refractivity contribution is -0.138. The summed E-state index contributed by atoms with van der Waals surface area (Å²) in [4.78, 5) is 120. The van der Waals surface area contributed by atoms with E-state index in [2.05, 4.69) is 41.7 Å². The monoisotopic (exact) mass is 1450 g/mol. The van der Waals surface area contributed by atoms with Gasteiger partial charge in [-0.3, -0.25) is 43.5 Å². The SMILES string of the molecule is CCC(CC)(CC1CCCCCCCCCC(C)CCCC1)SC1CC(=O)N(CCCCCC(=O)N[C@H](C(=O)N[C@@H](C)C(=O)Nc2ccc(COC(=O)N3c4cc(OCCCCCOc5cc6c(cc5OC)C(=O)N5C=C(C)C[C@H]5C=N6)c(OC)cc4C(=O)N4C=C(C)C[C@H]4[C@@H]3O)cc2)C(C)C)C1=O. The lowest BCUT2D eigenvalue weighted by atomic mass is 9.83. The molecule has 5 aliphatic heterocycles. The maximum absolute atomic E-state index is 14.3. The Morgan fingerprint density at radius 1 is 0.683 bits per heavy atom. The van der Waals surface area contributed by atoms with E-state index >= 15 is 0 Å². The van der Waals surface area contributed by atoms with Gasteiger partial charge in [0.25, 0.3) is 11.8 Å². The Hall–Kier alpha value is -7.92. The summed E-state index contributed by atoms with van der Waals surface area (Å²) in [5.74, 6) is 0.360. The molecule has 0 aromatic heterocycles. The van der Waals surface area contributed by atoms with Gasteiger partial charge in [-0.25, -0.2) is 9.69 Å². The highest BCUT2D eigenvalue weighted by atomic mass is 32.2. The van der Waals surface area contributed by atoms with Crippen LogP contribution in [0.2, 0.25) is 0 Å². The molecule has 2 fully saturated rings. The molecule has 22 nitrogen and oxygen atoms in total. The zero-order chi connectivity index (χ0) is 74.6. The molecule has 0 spiro atoms. The number of nitrogens with zero attached hydrogens (tertiary/aromatic N) is 5. The van der Waals surface area contributed by atoms with E-state index < -0.39 is 48.2 Å². The number of fused-ring (bicyclic) bond motifs is 4. The minimum absolute atomic E-state index is 0.0513. The molecular weight excluding hydrogens is 1340 g/mol. The van der Waals surface area contributed by atoms with Gasteiger partial charge in [0, 0.05) is 60.6 Å². The Balaban J connectivity index is 0.708. The maximum Gasteiger partial charge on any atom is 0.416 e. The zero-order valence-corrected chi connectivity index (χ0v) is 64.0. The van der Waals surface area contributed by atoms with E-state index in [4.69, 9.17) is 23.7 Å². The van der Waals surface area contributed by atoms with Crippen LogP contribution in [0.5, 0.6) is 23.0 Å². The van der Waals surface area contributed by atoms with Gasteiger partial charge in [-0.1, -0.05) is 148 Å². The standard InChI is InChI=1S/C81H114N8O14S/c1-11-81(12-2,47-57-30-21-17-15-13-14-16-20-28-53(5)29-23-24-31-57)104-70-46-72(91)86(79(70)97)37-25-18-22-32-71(90)85-73(52(3)4)75(93)83-56(8)74(92)84-59-35-33-58(34-36-59)51-103-80(98)89-64-45-69(67(100-10)43-62(64)77(95)88-50-55(7)41-65(88)78(89)96)102-39-27-19-26-38-101-68-44-63-61(42-66(68)99-9)76(94)87-49-54(6)40-60(87)48-82-63/h33-36,42-45,48-50,52-53,56-57,60,65,70,73,78,96H,11-32,37-41,46-47,51H2,1-10H3,(H,83,93)(H,84,92)(H,85,90)/t53?,56-,57?,60-,65-,70?,73-,78-/m0/s1. The summed E-state index contributed by atoms with van der Waals surface area (Å²) in [5.41, 5.74) is 3.99. The topological polar surface area (TPSA) is 264 Å². The Bertz CT molecular complexity index is 3590. The third kappa shape index (κ3) is 21.0. The first kappa shape index (κ1) is 80.2. The molecule has 1 saturated heterocycles. The lowest BCUT2D eigenvalue weighted by Gasteiger charge is -2.36. The first-order valence-electron chi connectivity index (χ1n) is 38.4. The number of nitrogens with one attached hydrogen (secondary N) is 3. The van der Waals surface area contributed by atoms with Crippen molar-refractivity contribution in [2.75, 3.05) is 44.2 Å². The summed E-state index contributed by atoms with van der Waals surface area (Å²) in [7, 11) is 2.98. The molecule has 8 amide bonds. The van der Waals surface area contributed by atoms with Gasteiger partial charge in [-0.05, 0) is 133 Å². The molecule has 4 N–H and O–H groups in total. The molecule has 8 atom stereocenters. The van der Waals surface area contributed by atoms with Gasteiger partial charge in [0.15, 0.2) is 29.2 Å². The number of hydrogen-bond acceptors (Lipinski definition) is 16. The predicted octanol–water partition coefficient (Wildman–Crippen LogP) is 15.1. The molecule has 104 heavy (non-hydrogen) atoms. The van der Waals surface area contributed by atoms with Crippen molar-refractivity contribution < 1.29 is 67.1 Å². The number of aliphatic hydroxyl groups excluding tert-OH is 1. The van der Waals surface area contributed by atoms with Crippen LogP contribution < -0.4 is 39.8 Å². The summed E-state index contributed by atoms with van der Waals surface area (Å²) in [5, 5.41) is 20.0. The van der Waals surface area contributed by atoms with Gasteiger partial charge in [-0.15, -0.1) is 11.8 Å². The van der Waals surface area contributed by atoms with Crippen molar-refractivity contribution in [1.29, 1.82) is 0 Å². The van der Waals surface area contributed by atoms with E-state index in [9.17, 15) is 43.5 Å². The van der Waals surface area contributed by atoms with Crippen LogP contribution in [0.15, 0.2) is 77.1 Å². The summed E-state index contributed by atoms with van der Waals surface area (Å²) in [6.07, 6.45) is 27.9. The van der Waals surface area contributed by atoms with Crippen molar-refractivity contribution in [1.82, 2.24) is 25.3 Å². The number of ether oxygens (including phenoxy) is 5. The number of methoxy groups -OCH3 is 2. The third-order valence-corrected chi connectivity index (χ3v) is 23.4. The van der Waals surface area contributed by atoms with E-state index in [0.29, 0.717) is 98.0 Å². The van der Waals surface area contributed by atoms with Gasteiger partial charge in [0.05, 0.1) is 67.3 Å². The predicted molar refractivity (Wildman–Crippen MR) is 406 cm³/mol. The normalized spacial score (nSPS) is 21.6. The average Bonchev–Trinajstić information content (AvgIpc) is 1.58. The van der Waals surface area contributed by atoms with Crippen molar-refractivity contribution in [2.24, 2.45) is 22.7 Å². The highest BCUT2D eigenvalue weighted by Gasteiger charge is 2.47. The summed E-state index contributed by atoms with van der Waals surface area (Å²) in [6.45, 7) is 16.6.